The van der Waals surface area contributed by atoms with Crippen molar-refractivity contribution in [2.24, 2.45) is 21.6 Å². The smallest absolute Gasteiger partial charge is 0.433 e. The molecule has 4 N–H and O–H groups in total. The zero-order valence-electron chi connectivity index (χ0n) is 21.7. The summed E-state index contributed by atoms with van der Waals surface area (Å²) < 4.78 is 42.6. The van der Waals surface area contributed by atoms with Crippen molar-refractivity contribution < 1.29 is 27.9 Å². The summed E-state index contributed by atoms with van der Waals surface area (Å²) in [5.74, 6) is -1.99. The van der Waals surface area contributed by atoms with Gasteiger partial charge in [0.05, 0.1) is 22.1 Å². The van der Waals surface area contributed by atoms with E-state index in [1.165, 1.54) is 11.1 Å². The maximum atomic E-state index is 14.2. The van der Waals surface area contributed by atoms with E-state index in [-0.39, 0.29) is 60.8 Å². The second-order valence-corrected chi connectivity index (χ2v) is 11.7. The van der Waals surface area contributed by atoms with Crippen molar-refractivity contribution in [1.29, 1.82) is 0 Å². The molecule has 1 fully saturated rings. The van der Waals surface area contributed by atoms with Gasteiger partial charge in [0.2, 0.25) is 0 Å². The number of nitrogens with two attached hydrogens (primary N) is 1. The Hall–Kier alpha value is -2.53. The van der Waals surface area contributed by atoms with Crippen molar-refractivity contribution in [2.75, 3.05) is 13.1 Å². The molecule has 8 nitrogen and oxygen atoms in total. The van der Waals surface area contributed by atoms with E-state index in [2.05, 4.69) is 9.98 Å². The largest absolute Gasteiger partial charge is 0.481 e. The number of carboxylic acids is 1. The lowest BCUT2D eigenvalue weighted by molar-refractivity contribution is -0.149. The predicted molar refractivity (Wildman–Crippen MR) is 141 cm³/mol. The Kier molecular flexibility index (Phi) is 10.1. The number of hydrogen-bond acceptors (Lipinski definition) is 5. The lowest BCUT2D eigenvalue weighted by atomic mass is 9.74. The van der Waals surface area contributed by atoms with Crippen LogP contribution in [0.1, 0.15) is 58.9 Å². The third-order valence-corrected chi connectivity index (χ3v) is 7.21. The summed E-state index contributed by atoms with van der Waals surface area (Å²) in [6.07, 6.45) is -2.56. The first kappa shape index (κ1) is 31.7. The highest BCUT2D eigenvalue weighted by Gasteiger charge is 2.44. The van der Waals surface area contributed by atoms with Gasteiger partial charge in [0.25, 0.3) is 11.5 Å². The summed E-state index contributed by atoms with van der Waals surface area (Å²) in [6.45, 7) is 6.96. The fraction of sp³-hybridized carbons (Fsp3) is 0.600. The third-order valence-electron chi connectivity index (χ3n) is 6.47. The molecule has 2 rings (SSSR count). The highest BCUT2D eigenvalue weighted by Crippen LogP contribution is 2.38. The van der Waals surface area contributed by atoms with Crippen molar-refractivity contribution in [3.05, 3.63) is 43.9 Å². The standard InChI is InChI=1S/C25H33Cl2F3N4O4/c1-23(2,3)13-34(10-7-15-17(26)12-32-20(35)18(15)27)21(36)16(11-31)19(25(28,29)30)33-14-5-8-24(4,9-6-14)22(37)38/h11-12,14H,5-10,13,31H2,1-4H3,(H,32,35)(H,37,38). The van der Waals surface area contributed by atoms with Crippen molar-refractivity contribution in [2.45, 2.75) is 72.0 Å². The Balaban J connectivity index is 2.40. The summed E-state index contributed by atoms with van der Waals surface area (Å²) in [4.78, 5) is 44.4. The SMILES string of the molecule is CC(C)(C)CN(CCc1c(Cl)c[nH]c(=O)c1Cl)C(=O)C(=CN)C(=NC1CCC(C)(C(=O)O)CC1)C(F)(F)F. The lowest BCUT2D eigenvalue weighted by Crippen LogP contribution is -2.44. The van der Waals surface area contributed by atoms with Crippen LogP contribution in [0.5, 0.6) is 0 Å². The van der Waals surface area contributed by atoms with E-state index in [4.69, 9.17) is 28.9 Å². The topological polar surface area (TPSA) is 129 Å². The highest BCUT2D eigenvalue weighted by atomic mass is 35.5. The Morgan fingerprint density at radius 2 is 1.84 bits per heavy atom. The molecule has 1 aliphatic rings. The van der Waals surface area contributed by atoms with E-state index in [0.717, 1.165) is 0 Å². The van der Waals surface area contributed by atoms with Crippen LogP contribution in [-0.2, 0) is 16.0 Å². The monoisotopic (exact) mass is 580 g/mol. The Bertz CT molecular complexity index is 1160. The Morgan fingerprint density at radius 3 is 2.32 bits per heavy atom. The molecule has 0 bridgehead atoms. The minimum Gasteiger partial charge on any atom is -0.481 e. The van der Waals surface area contributed by atoms with Gasteiger partial charge in [0.15, 0.2) is 5.71 Å². The molecule has 0 radical (unpaired) electrons. The summed E-state index contributed by atoms with van der Waals surface area (Å²) in [5.41, 5.74) is 1.51. The molecule has 1 aromatic heterocycles. The summed E-state index contributed by atoms with van der Waals surface area (Å²) >= 11 is 12.2. The van der Waals surface area contributed by atoms with E-state index in [1.54, 1.807) is 6.92 Å². The average Bonchev–Trinajstić information content (AvgIpc) is 2.80. The molecule has 0 spiro atoms. The number of rotatable bonds is 8. The molecule has 0 aliphatic heterocycles. The maximum absolute atomic E-state index is 14.2. The normalized spacial score (nSPS) is 21.3. The quantitative estimate of drug-likeness (QED) is 0.295. The van der Waals surface area contributed by atoms with Crippen molar-refractivity contribution in [3.8, 4) is 0 Å². The third kappa shape index (κ3) is 7.99. The number of amides is 1. The second-order valence-electron chi connectivity index (χ2n) is 10.9. The number of carbonyl (C=O) groups is 2. The van der Waals surface area contributed by atoms with Crippen molar-refractivity contribution >= 4 is 40.8 Å². The van der Waals surface area contributed by atoms with E-state index in [9.17, 15) is 32.7 Å². The molecule has 0 saturated heterocycles. The van der Waals surface area contributed by atoms with Gasteiger partial charge in [-0.1, -0.05) is 44.0 Å². The average molecular weight is 581 g/mol. The zero-order valence-corrected chi connectivity index (χ0v) is 23.2. The molecule has 1 amide bonds. The molecular weight excluding hydrogens is 548 g/mol. The number of aliphatic carboxylic acids is 1. The fourth-order valence-electron chi connectivity index (χ4n) is 4.30. The number of pyridine rings is 1. The summed E-state index contributed by atoms with van der Waals surface area (Å²) in [6, 6.07) is -0.813. The van der Waals surface area contributed by atoms with Gasteiger partial charge in [0, 0.05) is 25.5 Å². The number of nitrogens with zero attached hydrogens (tertiary/aromatic N) is 2. The number of aromatic amines is 1. The molecule has 1 aliphatic carbocycles. The first-order chi connectivity index (χ1) is 17.4. The van der Waals surface area contributed by atoms with Gasteiger partial charge in [0.1, 0.15) is 5.02 Å². The number of nitrogens with one attached hydrogen (secondary N) is 1. The number of alkyl halides is 3. The van der Waals surface area contributed by atoms with Crippen LogP contribution in [0.3, 0.4) is 0 Å². The van der Waals surface area contributed by atoms with Crippen LogP contribution in [0, 0.1) is 10.8 Å². The van der Waals surface area contributed by atoms with Crippen molar-refractivity contribution in [3.63, 3.8) is 0 Å². The first-order valence-electron chi connectivity index (χ1n) is 12.0. The van der Waals surface area contributed by atoms with E-state index < -0.39 is 51.8 Å². The number of carboxylic acid groups (broad SMARTS) is 1. The van der Waals surface area contributed by atoms with Crippen LogP contribution < -0.4 is 11.3 Å². The van der Waals surface area contributed by atoms with Gasteiger partial charge in [-0.2, -0.15) is 13.2 Å². The van der Waals surface area contributed by atoms with E-state index in [1.807, 2.05) is 20.8 Å². The Labute approximate surface area is 229 Å². The zero-order chi connectivity index (χ0) is 29.1. The van der Waals surface area contributed by atoms with E-state index >= 15 is 0 Å². The van der Waals surface area contributed by atoms with Crippen molar-refractivity contribution in [1.82, 2.24) is 9.88 Å². The van der Waals surface area contributed by atoms with Gasteiger partial charge in [-0.05, 0) is 50.0 Å². The van der Waals surface area contributed by atoms with Crippen LogP contribution in [0.4, 0.5) is 13.2 Å². The first-order valence-corrected chi connectivity index (χ1v) is 12.8. The Morgan fingerprint density at radius 1 is 1.26 bits per heavy atom. The molecule has 1 heterocycles. The van der Waals surface area contributed by atoms with Crippen LogP contribution in [0.25, 0.3) is 0 Å². The number of carbonyl (C=O) groups excluding carboxylic acids is 1. The van der Waals surface area contributed by atoms with Gasteiger partial charge in [-0.15, -0.1) is 0 Å². The van der Waals surface area contributed by atoms with E-state index in [0.29, 0.717) is 6.20 Å². The molecule has 212 valence electrons. The highest BCUT2D eigenvalue weighted by molar-refractivity contribution is 6.35. The predicted octanol–water partition coefficient (Wildman–Crippen LogP) is 4.98. The van der Waals surface area contributed by atoms with Gasteiger partial charge in [-0.25, -0.2) is 0 Å². The van der Waals surface area contributed by atoms with Gasteiger partial charge >= 0.3 is 12.1 Å². The fourth-order valence-corrected chi connectivity index (χ4v) is 4.85. The molecule has 1 aromatic rings. The van der Waals surface area contributed by atoms with Crippen LogP contribution in [0.15, 0.2) is 27.8 Å². The van der Waals surface area contributed by atoms with Crippen LogP contribution in [-0.4, -0.2) is 57.9 Å². The number of halogens is 5. The molecule has 38 heavy (non-hydrogen) atoms. The minimum atomic E-state index is -4.98. The van der Waals surface area contributed by atoms with Gasteiger partial charge in [-0.3, -0.25) is 19.4 Å². The lowest BCUT2D eigenvalue weighted by Gasteiger charge is -2.33. The molecular formula is C25H33Cl2F3N4O4. The van der Waals surface area contributed by atoms with Gasteiger partial charge < -0.3 is 20.7 Å². The number of H-pyrrole nitrogens is 1. The molecule has 0 atom stereocenters. The second kappa shape index (κ2) is 12.1. The maximum Gasteiger partial charge on any atom is 0.433 e. The molecule has 0 aromatic carbocycles. The molecule has 1 saturated carbocycles. The summed E-state index contributed by atoms with van der Waals surface area (Å²) in [5, 5.41) is 9.38. The summed E-state index contributed by atoms with van der Waals surface area (Å²) in [7, 11) is 0. The number of aliphatic imine (C=N–C) groups is 1. The number of hydrogen-bond donors (Lipinski definition) is 3. The number of aromatic nitrogens is 1. The minimum absolute atomic E-state index is 0.0101. The molecule has 13 heteroatoms. The van der Waals surface area contributed by atoms with Crippen LogP contribution in [0.2, 0.25) is 10.0 Å². The molecule has 0 unspecified atom stereocenters. The van der Waals surface area contributed by atoms with Crippen LogP contribution >= 0.6 is 23.2 Å².